The summed E-state index contributed by atoms with van der Waals surface area (Å²) in [7, 11) is 5.85. The molecule has 1 aromatic heterocycles. The van der Waals surface area contributed by atoms with Crippen molar-refractivity contribution in [1.29, 1.82) is 0 Å². The van der Waals surface area contributed by atoms with Gasteiger partial charge in [-0.05, 0) is 24.5 Å². The summed E-state index contributed by atoms with van der Waals surface area (Å²) in [4.78, 5) is 6.40. The van der Waals surface area contributed by atoms with Gasteiger partial charge in [0.25, 0.3) is 0 Å². The third kappa shape index (κ3) is 6.58. The predicted octanol–water partition coefficient (Wildman–Crippen LogP) is 3.06. The van der Waals surface area contributed by atoms with Crippen LogP contribution in [0.5, 0.6) is 0 Å². The number of halogens is 2. The van der Waals surface area contributed by atoms with E-state index in [0.717, 1.165) is 30.5 Å². The van der Waals surface area contributed by atoms with Crippen LogP contribution in [0.25, 0.3) is 0 Å². The van der Waals surface area contributed by atoms with Crippen LogP contribution in [0.4, 0.5) is 0 Å². The fourth-order valence-corrected chi connectivity index (χ4v) is 2.55. The number of guanidine groups is 1. The summed E-state index contributed by atoms with van der Waals surface area (Å²) in [6.45, 7) is 1.73. The van der Waals surface area contributed by atoms with Crippen LogP contribution in [0.2, 0.25) is 5.02 Å². The van der Waals surface area contributed by atoms with Crippen molar-refractivity contribution in [3.05, 3.63) is 23.0 Å². The van der Waals surface area contributed by atoms with E-state index in [4.69, 9.17) is 11.6 Å². The molecule has 0 aliphatic heterocycles. The molecule has 1 N–H and O–H groups in total. The molecule has 0 amide bonds. The monoisotopic (exact) mass is 430 g/mol. The van der Waals surface area contributed by atoms with Gasteiger partial charge in [0.2, 0.25) is 0 Å². The molecule has 0 saturated carbocycles. The molecule has 20 heavy (non-hydrogen) atoms. The topological polar surface area (TPSA) is 32.6 Å². The summed E-state index contributed by atoms with van der Waals surface area (Å²) in [6.07, 6.45) is 5.18. The summed E-state index contributed by atoms with van der Waals surface area (Å²) in [5, 5.41) is 4.14. The van der Waals surface area contributed by atoms with Crippen molar-refractivity contribution in [2.45, 2.75) is 13.0 Å². The molecule has 1 rings (SSSR count). The van der Waals surface area contributed by atoms with E-state index in [0.29, 0.717) is 0 Å². The van der Waals surface area contributed by atoms with Crippen LogP contribution in [0.15, 0.2) is 17.3 Å². The first-order valence-electron chi connectivity index (χ1n) is 6.30. The first-order chi connectivity index (χ1) is 9.08. The SMILES string of the molecule is CN=C(NCCCSC)N(C)Cc1cc(Cl)cn1C.I. The molecule has 1 aromatic rings. The lowest BCUT2D eigenvalue weighted by atomic mass is 10.4. The Hall–Kier alpha value is -0.0800. The van der Waals surface area contributed by atoms with Gasteiger partial charge in [-0.1, -0.05) is 11.6 Å². The molecule has 7 heteroatoms. The van der Waals surface area contributed by atoms with Gasteiger partial charge in [-0.25, -0.2) is 0 Å². The third-order valence-corrected chi connectivity index (χ3v) is 3.76. The maximum Gasteiger partial charge on any atom is 0.193 e. The molecule has 0 saturated heterocycles. The van der Waals surface area contributed by atoms with Gasteiger partial charge in [0.05, 0.1) is 11.6 Å². The van der Waals surface area contributed by atoms with Crippen LogP contribution in [-0.2, 0) is 13.6 Å². The number of aryl methyl sites for hydroxylation is 1. The number of thioether (sulfide) groups is 1. The molecule has 0 spiro atoms. The lowest BCUT2D eigenvalue weighted by Gasteiger charge is -2.22. The van der Waals surface area contributed by atoms with Gasteiger partial charge in [0.1, 0.15) is 0 Å². The summed E-state index contributed by atoms with van der Waals surface area (Å²) in [5.41, 5.74) is 1.17. The maximum atomic E-state index is 5.99. The highest BCUT2D eigenvalue weighted by atomic mass is 127. The number of hydrogen-bond acceptors (Lipinski definition) is 2. The molecule has 1 heterocycles. The Morgan fingerprint density at radius 3 is 2.75 bits per heavy atom. The second kappa shape index (κ2) is 10.6. The van der Waals surface area contributed by atoms with Gasteiger partial charge in [0, 0.05) is 39.6 Å². The normalized spacial score (nSPS) is 11.2. The van der Waals surface area contributed by atoms with E-state index in [9.17, 15) is 0 Å². The first-order valence-corrected chi connectivity index (χ1v) is 8.07. The molecular weight excluding hydrogens is 407 g/mol. The Bertz CT molecular complexity index is 423. The minimum Gasteiger partial charge on any atom is -0.356 e. The smallest absolute Gasteiger partial charge is 0.193 e. The highest BCUT2D eigenvalue weighted by molar-refractivity contribution is 14.0. The Labute approximate surface area is 148 Å². The Balaban J connectivity index is 0.00000361. The molecule has 0 aromatic carbocycles. The van der Waals surface area contributed by atoms with E-state index in [1.807, 2.05) is 49.7 Å². The number of aromatic nitrogens is 1. The molecule has 0 atom stereocenters. The van der Waals surface area contributed by atoms with Gasteiger partial charge in [-0.15, -0.1) is 24.0 Å². The van der Waals surface area contributed by atoms with Crippen LogP contribution in [0, 0.1) is 0 Å². The lowest BCUT2D eigenvalue weighted by Crippen LogP contribution is -2.39. The molecule has 0 fully saturated rings. The molecule has 116 valence electrons. The molecule has 0 unspecified atom stereocenters. The largest absolute Gasteiger partial charge is 0.356 e. The highest BCUT2D eigenvalue weighted by Gasteiger charge is 2.09. The fourth-order valence-electron chi connectivity index (χ4n) is 1.84. The standard InChI is InChI=1S/C13H23ClN4S.HI/c1-15-13(16-6-5-7-19-4)18(3)10-12-8-11(14)9-17(12)2;/h8-9H,5-7,10H2,1-4H3,(H,15,16);1H. The van der Waals surface area contributed by atoms with Crippen LogP contribution in [-0.4, -0.2) is 48.1 Å². The zero-order chi connectivity index (χ0) is 14.3. The number of nitrogens with one attached hydrogen (secondary N) is 1. The minimum absolute atomic E-state index is 0. The first kappa shape index (κ1) is 19.9. The van der Waals surface area contributed by atoms with E-state index in [2.05, 4.69) is 21.5 Å². The second-order valence-electron chi connectivity index (χ2n) is 4.44. The average Bonchev–Trinajstić information content (AvgIpc) is 2.68. The van der Waals surface area contributed by atoms with Crippen LogP contribution in [0.1, 0.15) is 12.1 Å². The number of nitrogens with zero attached hydrogens (tertiary/aromatic N) is 3. The fraction of sp³-hybridized carbons (Fsp3) is 0.615. The Morgan fingerprint density at radius 2 is 2.25 bits per heavy atom. The van der Waals surface area contributed by atoms with Crippen LogP contribution >= 0.6 is 47.3 Å². The minimum atomic E-state index is 0. The van der Waals surface area contributed by atoms with E-state index >= 15 is 0 Å². The van der Waals surface area contributed by atoms with Gasteiger partial charge < -0.3 is 14.8 Å². The quantitative estimate of drug-likeness (QED) is 0.326. The van der Waals surface area contributed by atoms with Gasteiger partial charge in [0.15, 0.2) is 5.96 Å². The summed E-state index contributed by atoms with van der Waals surface area (Å²) in [5.74, 6) is 2.08. The predicted molar refractivity (Wildman–Crippen MR) is 102 cm³/mol. The molecule has 0 bridgehead atoms. The zero-order valence-electron chi connectivity index (χ0n) is 12.5. The van der Waals surface area contributed by atoms with Gasteiger partial charge in [-0.3, -0.25) is 4.99 Å². The molecule has 0 aliphatic carbocycles. The zero-order valence-corrected chi connectivity index (χ0v) is 16.4. The summed E-state index contributed by atoms with van der Waals surface area (Å²) in [6, 6.07) is 1.99. The van der Waals surface area contributed by atoms with E-state index < -0.39 is 0 Å². The van der Waals surface area contributed by atoms with Crippen molar-refractivity contribution in [1.82, 2.24) is 14.8 Å². The molecule has 4 nitrogen and oxygen atoms in total. The van der Waals surface area contributed by atoms with Gasteiger partial charge in [-0.2, -0.15) is 11.8 Å². The lowest BCUT2D eigenvalue weighted by molar-refractivity contribution is 0.462. The van der Waals surface area contributed by atoms with Crippen molar-refractivity contribution in [2.24, 2.45) is 12.0 Å². The van der Waals surface area contributed by atoms with Crippen molar-refractivity contribution in [3.63, 3.8) is 0 Å². The summed E-state index contributed by atoms with van der Waals surface area (Å²) >= 11 is 7.86. The molecule has 0 radical (unpaired) electrons. The van der Waals surface area contributed by atoms with Crippen LogP contribution < -0.4 is 5.32 Å². The maximum absolute atomic E-state index is 5.99. The number of rotatable bonds is 6. The van der Waals surface area contributed by atoms with Crippen LogP contribution in [0.3, 0.4) is 0 Å². The van der Waals surface area contributed by atoms with Gasteiger partial charge >= 0.3 is 0 Å². The third-order valence-electron chi connectivity index (χ3n) is 2.86. The Kier molecular flexibility index (Phi) is 10.6. The van der Waals surface area contributed by atoms with E-state index in [1.54, 1.807) is 0 Å². The molecular formula is C13H24ClIN4S. The molecule has 0 aliphatic rings. The summed E-state index contributed by atoms with van der Waals surface area (Å²) < 4.78 is 2.04. The van der Waals surface area contributed by atoms with Crippen molar-refractivity contribution >= 4 is 53.3 Å². The Morgan fingerprint density at radius 1 is 1.55 bits per heavy atom. The second-order valence-corrected chi connectivity index (χ2v) is 5.86. The number of hydrogen-bond donors (Lipinski definition) is 1. The highest BCUT2D eigenvalue weighted by Crippen LogP contribution is 2.14. The number of aliphatic imine (C=N–C) groups is 1. The van der Waals surface area contributed by atoms with E-state index in [-0.39, 0.29) is 24.0 Å². The van der Waals surface area contributed by atoms with E-state index in [1.165, 1.54) is 11.4 Å². The average molecular weight is 431 g/mol. The van der Waals surface area contributed by atoms with Crippen molar-refractivity contribution in [2.75, 3.05) is 32.6 Å². The van der Waals surface area contributed by atoms with Crippen molar-refractivity contribution in [3.8, 4) is 0 Å². The van der Waals surface area contributed by atoms with Crippen molar-refractivity contribution < 1.29 is 0 Å².